The van der Waals surface area contributed by atoms with Crippen molar-refractivity contribution in [3.63, 3.8) is 0 Å². The third kappa shape index (κ3) is 5.59. The summed E-state index contributed by atoms with van der Waals surface area (Å²) in [7, 11) is -2.30. The topological polar surface area (TPSA) is 83.3 Å². The summed E-state index contributed by atoms with van der Waals surface area (Å²) in [6.45, 7) is 14.0. The minimum absolute atomic E-state index is 0.189. The number of aromatic nitrogens is 3. The summed E-state index contributed by atoms with van der Waals surface area (Å²) in [6.07, 6.45) is 4.14. The highest BCUT2D eigenvalue weighted by Gasteiger charge is 2.26. The second-order valence-corrected chi connectivity index (χ2v) is 13.8. The molecule has 3 N–H and O–H groups in total. The van der Waals surface area contributed by atoms with Gasteiger partial charge in [0.25, 0.3) is 0 Å². The average Bonchev–Trinajstić information content (AvgIpc) is 3.17. The standard InChI is InChI=1S/C25H37N6OP/c1-17(2)21-16-28-31-23(26-14-18-8-7-9-20(12-18)33(5,6)32)13-22(30-24(21)31)29-19-10-11-25(3,4)27-15-19/h7-9,12-13,16-17,19,26-27H,10-11,14-15H2,1-6H3,(H,29,30)/t19-/m0/s1. The first-order chi connectivity index (χ1) is 15.5. The van der Waals surface area contributed by atoms with E-state index in [1.54, 1.807) is 0 Å². The number of nitrogens with zero attached hydrogens (tertiary/aromatic N) is 3. The van der Waals surface area contributed by atoms with Gasteiger partial charge in [-0.05, 0) is 57.6 Å². The van der Waals surface area contributed by atoms with Gasteiger partial charge in [0.2, 0.25) is 0 Å². The van der Waals surface area contributed by atoms with E-state index in [1.807, 2.05) is 48.3 Å². The van der Waals surface area contributed by atoms with E-state index in [1.165, 1.54) is 0 Å². The Morgan fingerprint density at radius 3 is 2.73 bits per heavy atom. The van der Waals surface area contributed by atoms with Crippen LogP contribution in [0.15, 0.2) is 36.5 Å². The molecule has 8 heteroatoms. The molecular formula is C25H37N6OP. The molecule has 33 heavy (non-hydrogen) atoms. The summed E-state index contributed by atoms with van der Waals surface area (Å²) in [5.74, 6) is 2.08. The number of piperidine rings is 1. The molecule has 1 atom stereocenters. The molecule has 0 amide bonds. The van der Waals surface area contributed by atoms with Crippen LogP contribution in [0.4, 0.5) is 11.6 Å². The molecule has 178 valence electrons. The smallest absolute Gasteiger partial charge is 0.163 e. The van der Waals surface area contributed by atoms with Crippen LogP contribution in [-0.2, 0) is 11.1 Å². The monoisotopic (exact) mass is 468 g/mol. The van der Waals surface area contributed by atoms with E-state index in [9.17, 15) is 4.57 Å². The molecule has 0 aliphatic carbocycles. The number of anilines is 2. The molecular weight excluding hydrogens is 431 g/mol. The van der Waals surface area contributed by atoms with Crippen molar-refractivity contribution in [1.82, 2.24) is 19.9 Å². The van der Waals surface area contributed by atoms with Gasteiger partial charge in [0.1, 0.15) is 18.8 Å². The Bertz CT molecular complexity index is 1170. The van der Waals surface area contributed by atoms with Crippen molar-refractivity contribution in [1.29, 1.82) is 0 Å². The van der Waals surface area contributed by atoms with Crippen LogP contribution < -0.4 is 21.3 Å². The Morgan fingerprint density at radius 2 is 2.06 bits per heavy atom. The van der Waals surface area contributed by atoms with Gasteiger partial charge in [-0.2, -0.15) is 9.61 Å². The quantitative estimate of drug-likeness (QED) is 0.438. The fraction of sp³-hybridized carbons (Fsp3) is 0.520. The number of benzene rings is 1. The second-order valence-electron chi connectivity index (χ2n) is 10.5. The molecule has 4 rings (SSSR count). The highest BCUT2D eigenvalue weighted by atomic mass is 31.2. The maximum atomic E-state index is 12.5. The van der Waals surface area contributed by atoms with E-state index < -0.39 is 7.14 Å². The molecule has 2 aromatic heterocycles. The van der Waals surface area contributed by atoms with E-state index in [0.29, 0.717) is 18.5 Å². The van der Waals surface area contributed by atoms with Crippen molar-refractivity contribution in [2.24, 2.45) is 0 Å². The van der Waals surface area contributed by atoms with Gasteiger partial charge < -0.3 is 20.5 Å². The molecule has 3 heterocycles. The first-order valence-corrected chi connectivity index (χ1v) is 14.4. The third-order valence-electron chi connectivity index (χ3n) is 6.42. The minimum atomic E-state index is -2.30. The lowest BCUT2D eigenvalue weighted by molar-refractivity contribution is 0.289. The predicted molar refractivity (Wildman–Crippen MR) is 139 cm³/mol. The zero-order valence-corrected chi connectivity index (χ0v) is 21.5. The lowest BCUT2D eigenvalue weighted by atomic mass is 9.91. The largest absolute Gasteiger partial charge is 0.366 e. The Labute approximate surface area is 197 Å². The Morgan fingerprint density at radius 1 is 1.27 bits per heavy atom. The van der Waals surface area contributed by atoms with Crippen LogP contribution in [0.25, 0.3) is 5.65 Å². The molecule has 0 spiro atoms. The van der Waals surface area contributed by atoms with Gasteiger partial charge in [0, 0.05) is 41.6 Å². The van der Waals surface area contributed by atoms with Gasteiger partial charge in [-0.1, -0.05) is 32.0 Å². The van der Waals surface area contributed by atoms with E-state index >= 15 is 0 Å². The SMILES string of the molecule is CC(C)c1cnn2c(NCc3cccc(P(C)(C)=O)c3)cc(N[C@H]3CCC(C)(C)NC3)nc12. The van der Waals surface area contributed by atoms with Gasteiger partial charge in [-0.15, -0.1) is 0 Å². The van der Waals surface area contributed by atoms with Crippen LogP contribution in [0, 0.1) is 0 Å². The second kappa shape index (κ2) is 9.11. The molecule has 1 aliphatic rings. The fourth-order valence-corrected chi connectivity index (χ4v) is 5.16. The molecule has 1 aromatic carbocycles. The van der Waals surface area contributed by atoms with Crippen LogP contribution >= 0.6 is 7.14 Å². The maximum absolute atomic E-state index is 12.5. The first kappa shape index (κ1) is 23.8. The maximum Gasteiger partial charge on any atom is 0.163 e. The molecule has 1 fully saturated rings. The molecule has 0 saturated carbocycles. The molecule has 0 bridgehead atoms. The van der Waals surface area contributed by atoms with Crippen LogP contribution in [0.3, 0.4) is 0 Å². The number of rotatable bonds is 7. The summed E-state index contributed by atoms with van der Waals surface area (Å²) in [6, 6.07) is 10.4. The van der Waals surface area contributed by atoms with Crippen molar-refractivity contribution in [3.05, 3.63) is 47.7 Å². The van der Waals surface area contributed by atoms with Crippen molar-refractivity contribution < 1.29 is 4.57 Å². The first-order valence-electron chi connectivity index (χ1n) is 11.8. The van der Waals surface area contributed by atoms with Gasteiger partial charge in [-0.25, -0.2) is 4.98 Å². The van der Waals surface area contributed by atoms with Gasteiger partial charge in [0.05, 0.1) is 6.20 Å². The normalized spacial score (nSPS) is 18.6. The Hall–Kier alpha value is -2.37. The zero-order valence-electron chi connectivity index (χ0n) is 20.6. The summed E-state index contributed by atoms with van der Waals surface area (Å²) in [5, 5.41) is 16.3. The minimum Gasteiger partial charge on any atom is -0.366 e. The Balaban J connectivity index is 1.61. The highest BCUT2D eigenvalue weighted by Crippen LogP contribution is 2.34. The molecule has 3 aromatic rings. The van der Waals surface area contributed by atoms with E-state index in [-0.39, 0.29) is 5.54 Å². The molecule has 1 aliphatic heterocycles. The number of hydrogen-bond acceptors (Lipinski definition) is 6. The lowest BCUT2D eigenvalue weighted by Crippen LogP contribution is -2.50. The zero-order chi connectivity index (χ0) is 23.8. The van der Waals surface area contributed by atoms with Crippen LogP contribution in [0.1, 0.15) is 57.6 Å². The van der Waals surface area contributed by atoms with Crippen molar-refractivity contribution in [2.75, 3.05) is 30.5 Å². The van der Waals surface area contributed by atoms with E-state index in [4.69, 9.17) is 4.98 Å². The van der Waals surface area contributed by atoms with Crippen LogP contribution in [-0.4, -0.2) is 46.1 Å². The predicted octanol–water partition coefficient (Wildman–Crippen LogP) is 4.66. The lowest BCUT2D eigenvalue weighted by Gasteiger charge is -2.36. The summed E-state index contributed by atoms with van der Waals surface area (Å²) in [5.41, 5.74) is 3.28. The summed E-state index contributed by atoms with van der Waals surface area (Å²) < 4.78 is 14.4. The molecule has 7 nitrogen and oxygen atoms in total. The van der Waals surface area contributed by atoms with E-state index in [0.717, 1.165) is 53.1 Å². The van der Waals surface area contributed by atoms with Crippen LogP contribution in [0.5, 0.6) is 0 Å². The van der Waals surface area contributed by atoms with Gasteiger partial charge in [-0.3, -0.25) is 0 Å². The third-order valence-corrected chi connectivity index (χ3v) is 7.95. The van der Waals surface area contributed by atoms with Crippen molar-refractivity contribution >= 4 is 29.7 Å². The Kier molecular flexibility index (Phi) is 6.56. The highest BCUT2D eigenvalue weighted by molar-refractivity contribution is 7.70. The molecule has 0 radical (unpaired) electrons. The van der Waals surface area contributed by atoms with Crippen LogP contribution in [0.2, 0.25) is 0 Å². The number of fused-ring (bicyclic) bond motifs is 1. The average molecular weight is 469 g/mol. The van der Waals surface area contributed by atoms with E-state index in [2.05, 4.69) is 54.8 Å². The van der Waals surface area contributed by atoms with Gasteiger partial charge in [0.15, 0.2) is 5.65 Å². The van der Waals surface area contributed by atoms with Crippen molar-refractivity contribution in [3.8, 4) is 0 Å². The van der Waals surface area contributed by atoms with Crippen molar-refractivity contribution in [2.45, 2.75) is 64.6 Å². The summed E-state index contributed by atoms with van der Waals surface area (Å²) in [4.78, 5) is 4.93. The summed E-state index contributed by atoms with van der Waals surface area (Å²) >= 11 is 0. The fourth-order valence-electron chi connectivity index (χ4n) is 4.24. The van der Waals surface area contributed by atoms with Gasteiger partial charge >= 0.3 is 0 Å². The number of hydrogen-bond donors (Lipinski definition) is 3. The molecule has 1 saturated heterocycles. The molecule has 0 unspecified atom stereocenters. The number of nitrogens with one attached hydrogen (secondary N) is 3.